The normalized spacial score (nSPS) is 11.8. The predicted molar refractivity (Wildman–Crippen MR) is 545 cm³/mol. The van der Waals surface area contributed by atoms with Crippen LogP contribution in [0.3, 0.4) is 0 Å². The van der Waals surface area contributed by atoms with Crippen molar-refractivity contribution in [3.05, 3.63) is 455 Å². The maximum atomic E-state index is 6.10. The van der Waals surface area contributed by atoms with Crippen molar-refractivity contribution >= 4 is 163 Å². The molecule has 28 rings (SSSR count). The Hall–Kier alpha value is -17.9. The molecule has 0 spiro atoms. The third kappa shape index (κ3) is 12.6. The lowest BCUT2D eigenvalue weighted by atomic mass is 9.99. The largest absolute Gasteiger partial charge is 0.456 e. The number of benzene rings is 19. The first-order valence-corrected chi connectivity index (χ1v) is 44.6. The minimum Gasteiger partial charge on any atom is -0.456 e. The van der Waals surface area contributed by atoms with E-state index in [1.807, 2.05) is 116 Å². The molecular formula is C121H75N9O2. The van der Waals surface area contributed by atoms with Gasteiger partial charge in [-0.1, -0.05) is 297 Å². The number of nitrogens with zero attached hydrogens (tertiary/aromatic N) is 9. The van der Waals surface area contributed by atoms with E-state index in [0.29, 0.717) is 17.6 Å². The summed E-state index contributed by atoms with van der Waals surface area (Å²) in [7, 11) is 0. The second-order valence-corrected chi connectivity index (χ2v) is 33.8. The summed E-state index contributed by atoms with van der Waals surface area (Å²) in [6.45, 7) is 0. The van der Waals surface area contributed by atoms with Crippen LogP contribution in [-0.4, -0.2) is 43.2 Å². The lowest BCUT2D eigenvalue weighted by molar-refractivity contribution is 0.668. The average molecular weight is 1690 g/mol. The molecule has 0 amide bonds. The lowest BCUT2D eigenvalue weighted by Crippen LogP contribution is -2.06. The quantitative estimate of drug-likeness (QED) is 0.134. The monoisotopic (exact) mass is 1690 g/mol. The zero-order chi connectivity index (χ0) is 86.9. The number of rotatable bonds is 10. The van der Waals surface area contributed by atoms with Crippen molar-refractivity contribution in [1.29, 1.82) is 0 Å². The van der Waals surface area contributed by atoms with Crippen LogP contribution >= 0.6 is 0 Å². The molecule has 0 atom stereocenters. The van der Waals surface area contributed by atoms with E-state index in [0.717, 1.165) is 127 Å². The Bertz CT molecular complexity index is 9420. The van der Waals surface area contributed by atoms with Crippen molar-refractivity contribution in [3.63, 3.8) is 0 Å². The van der Waals surface area contributed by atoms with Gasteiger partial charge in [-0.05, 0) is 222 Å². The first kappa shape index (κ1) is 75.4. The molecule has 0 bridgehead atoms. The number of pyridine rings is 2. The number of hydrogen-bond donors (Lipinski definition) is 0. The molecule has 0 fully saturated rings. The van der Waals surface area contributed by atoms with Crippen molar-refractivity contribution in [2.24, 2.45) is 0 Å². The molecule has 19 aromatic carbocycles. The van der Waals surface area contributed by atoms with Gasteiger partial charge in [0.2, 0.25) is 5.95 Å². The Kier molecular flexibility index (Phi) is 17.7. The van der Waals surface area contributed by atoms with E-state index in [2.05, 4.69) is 358 Å². The summed E-state index contributed by atoms with van der Waals surface area (Å²) in [5.41, 5.74) is 25.1. The zero-order valence-electron chi connectivity index (χ0n) is 71.1. The number of aromatic nitrogens is 9. The SMILES string of the molecule is c1ccc(-c2ccnc(-n3c4ccc(-c5ccc6oc7ccccc7c6c5)cc4c4c5ccccc5ccc43)c2)cc1.c1ccc(-c2nc(-c3ccccc3)nc(-n3c4ccccc4c4cc(-c5ccc6c(c5)c5c7ccccc7ccc5n6-c5ccccc5)ccc43)n2)cc1.c1ccc(-n2c3ccc(-c4ccc5oc6ccccc6c5c4)cc3c3c4ccccc4ccc32)nc1. The van der Waals surface area contributed by atoms with Crippen molar-refractivity contribution in [3.8, 4) is 90.6 Å². The van der Waals surface area contributed by atoms with E-state index in [-0.39, 0.29) is 0 Å². The maximum Gasteiger partial charge on any atom is 0.238 e. The van der Waals surface area contributed by atoms with Crippen LogP contribution in [0.25, 0.3) is 254 Å². The molecule has 11 heteroatoms. The van der Waals surface area contributed by atoms with Crippen LogP contribution in [0.2, 0.25) is 0 Å². The van der Waals surface area contributed by atoms with Crippen LogP contribution in [0.5, 0.6) is 0 Å². The van der Waals surface area contributed by atoms with E-state index < -0.39 is 0 Å². The smallest absolute Gasteiger partial charge is 0.238 e. The van der Waals surface area contributed by atoms with Gasteiger partial charge < -0.3 is 13.4 Å². The fraction of sp³-hybridized carbons (Fsp3) is 0. The number of hydrogen-bond acceptors (Lipinski definition) is 7. The second-order valence-electron chi connectivity index (χ2n) is 33.8. The molecule has 9 heterocycles. The minimum absolute atomic E-state index is 0.587. The first-order chi connectivity index (χ1) is 65.4. The van der Waals surface area contributed by atoms with E-state index in [4.69, 9.17) is 33.8 Å². The molecule has 0 saturated carbocycles. The second kappa shape index (κ2) is 31.0. The fourth-order valence-electron chi connectivity index (χ4n) is 20.2. The van der Waals surface area contributed by atoms with Crippen LogP contribution in [0, 0.1) is 0 Å². The topological polar surface area (TPSA) is 110 Å². The van der Waals surface area contributed by atoms with Crippen molar-refractivity contribution in [1.82, 2.24) is 43.2 Å². The molecule has 9 aromatic heterocycles. The van der Waals surface area contributed by atoms with Crippen LogP contribution in [0.1, 0.15) is 0 Å². The molecule has 616 valence electrons. The van der Waals surface area contributed by atoms with E-state index in [9.17, 15) is 0 Å². The highest BCUT2D eigenvalue weighted by molar-refractivity contribution is 6.25. The molecule has 11 nitrogen and oxygen atoms in total. The van der Waals surface area contributed by atoms with Crippen LogP contribution in [0.4, 0.5) is 0 Å². The van der Waals surface area contributed by atoms with Crippen molar-refractivity contribution < 1.29 is 8.83 Å². The number of furan rings is 2. The summed E-state index contributed by atoms with van der Waals surface area (Å²) < 4.78 is 21.3. The lowest BCUT2D eigenvalue weighted by Gasteiger charge is -2.11. The maximum absolute atomic E-state index is 6.10. The number of fused-ring (bicyclic) bond motifs is 24. The first-order valence-electron chi connectivity index (χ1n) is 44.6. The van der Waals surface area contributed by atoms with Crippen LogP contribution < -0.4 is 0 Å². The molecule has 0 saturated heterocycles. The highest BCUT2D eigenvalue weighted by atomic mass is 16.3. The Labute approximate surface area is 756 Å². The van der Waals surface area contributed by atoms with E-state index in [1.165, 1.54) is 109 Å². The van der Waals surface area contributed by atoms with Gasteiger partial charge in [0, 0.05) is 93.8 Å². The summed E-state index contributed by atoms with van der Waals surface area (Å²) in [4.78, 5) is 24.7. The van der Waals surface area contributed by atoms with Crippen LogP contribution in [-0.2, 0) is 0 Å². The van der Waals surface area contributed by atoms with Crippen LogP contribution in [0.15, 0.2) is 464 Å². The van der Waals surface area contributed by atoms with Gasteiger partial charge in [-0.3, -0.25) is 13.7 Å². The zero-order valence-corrected chi connectivity index (χ0v) is 71.1. The fourth-order valence-corrected chi connectivity index (χ4v) is 20.2. The summed E-state index contributed by atoms with van der Waals surface area (Å²) in [5.74, 6) is 3.69. The Morgan fingerprint density at radius 1 is 0.174 bits per heavy atom. The summed E-state index contributed by atoms with van der Waals surface area (Å²) in [6, 6.07) is 156. The predicted octanol–water partition coefficient (Wildman–Crippen LogP) is 31.7. The van der Waals surface area contributed by atoms with E-state index >= 15 is 0 Å². The van der Waals surface area contributed by atoms with Gasteiger partial charge in [-0.25, -0.2) is 15.0 Å². The average Bonchev–Trinajstić information content (AvgIpc) is 1.58. The van der Waals surface area contributed by atoms with Gasteiger partial charge in [0.25, 0.3) is 0 Å². The summed E-state index contributed by atoms with van der Waals surface area (Å²) >= 11 is 0. The highest BCUT2D eigenvalue weighted by Gasteiger charge is 2.25. The van der Waals surface area contributed by atoms with Gasteiger partial charge in [0.15, 0.2) is 11.6 Å². The Morgan fingerprint density at radius 3 is 1.00 bits per heavy atom. The van der Waals surface area contributed by atoms with Gasteiger partial charge in [0.05, 0.1) is 44.1 Å². The molecule has 132 heavy (non-hydrogen) atoms. The van der Waals surface area contributed by atoms with Gasteiger partial charge in [-0.15, -0.1) is 0 Å². The van der Waals surface area contributed by atoms with Gasteiger partial charge in [0.1, 0.15) is 34.0 Å². The molecule has 0 aliphatic rings. The molecule has 0 radical (unpaired) electrons. The third-order valence-corrected chi connectivity index (χ3v) is 26.3. The standard InChI is InChI=1S/C49H31N5.C39H24N2O.C33H20N2O/c1-4-15-33(16-5-1)47-50-48(34-17-6-2-7-18-34)52-49(51-47)54-42-23-13-12-22-39(42)40-30-35(25-27-43(40)54)36-26-28-44-41(31-36)46-38-21-11-10-14-32(38)24-29-45(46)53(44)37-19-8-3-9-20-37;1-2-8-25(9-3-1)29-20-21-40-38(24-29)41-34-17-15-27(23-33(34)39-30-11-5-4-10-26(30)14-18-35(39)41)28-16-19-37-32(22-28)31-12-6-7-13-36(31)42-37;1-2-8-24-21(7-1)12-16-29-33(24)27-20-22(13-15-28(27)35(29)32-11-5-6-18-34-32)23-14-17-31-26(19-23)25-9-3-4-10-30(25)36-31/h1-31H;1-24H;1-20H. The Morgan fingerprint density at radius 2 is 0.515 bits per heavy atom. The summed E-state index contributed by atoms with van der Waals surface area (Å²) in [6.07, 6.45) is 3.77. The molecule has 0 N–H and O–H groups in total. The molecule has 28 aromatic rings. The molecule has 0 aliphatic heterocycles. The third-order valence-electron chi connectivity index (χ3n) is 26.3. The van der Waals surface area contributed by atoms with Gasteiger partial charge in [-0.2, -0.15) is 9.97 Å². The van der Waals surface area contributed by atoms with Crippen molar-refractivity contribution in [2.75, 3.05) is 0 Å². The number of para-hydroxylation sites is 4. The Balaban J connectivity index is 0.000000106. The minimum atomic E-state index is 0.587. The van der Waals surface area contributed by atoms with E-state index in [1.54, 1.807) is 0 Å². The highest BCUT2D eigenvalue weighted by Crippen LogP contribution is 2.46. The van der Waals surface area contributed by atoms with Crippen molar-refractivity contribution in [2.45, 2.75) is 0 Å². The molecule has 0 unspecified atom stereocenters. The van der Waals surface area contributed by atoms with Gasteiger partial charge >= 0.3 is 0 Å². The summed E-state index contributed by atoms with van der Waals surface area (Å²) in [5, 5.41) is 21.7. The molecular weight excluding hydrogens is 1610 g/mol. The molecule has 0 aliphatic carbocycles.